The van der Waals surface area contributed by atoms with Gasteiger partial charge in [-0.25, -0.2) is 8.42 Å². The molecule has 2 aliphatic carbocycles. The molecule has 0 bridgehead atoms. The van der Waals surface area contributed by atoms with Crippen molar-refractivity contribution < 1.29 is 18.3 Å². The van der Waals surface area contributed by atoms with Gasteiger partial charge in [-0.3, -0.25) is 4.79 Å². The third-order valence-electron chi connectivity index (χ3n) is 5.51. The van der Waals surface area contributed by atoms with Crippen LogP contribution < -0.4 is 5.32 Å². The molecule has 1 unspecified atom stereocenters. The number of carbonyl (C=O) groups is 1. The van der Waals surface area contributed by atoms with Gasteiger partial charge in [0.05, 0.1) is 4.90 Å². The van der Waals surface area contributed by atoms with Gasteiger partial charge in [0.1, 0.15) is 5.75 Å². The third-order valence-corrected chi connectivity index (χ3v) is 8.28. The van der Waals surface area contributed by atoms with E-state index >= 15 is 0 Å². The minimum Gasteiger partial charge on any atom is -0.508 e. The molecule has 1 saturated carbocycles. The zero-order chi connectivity index (χ0) is 19.2. The van der Waals surface area contributed by atoms with Gasteiger partial charge in [-0.1, -0.05) is 17.7 Å². The van der Waals surface area contributed by atoms with Crippen molar-refractivity contribution in [3.05, 3.63) is 58.6 Å². The Bertz CT molecular complexity index is 997. The molecule has 0 aromatic heterocycles. The van der Waals surface area contributed by atoms with Gasteiger partial charge in [-0.05, 0) is 79.6 Å². The molecular weight excluding hydrogens is 386 g/mol. The summed E-state index contributed by atoms with van der Waals surface area (Å²) in [5, 5.41) is 13.0. The van der Waals surface area contributed by atoms with Crippen LogP contribution in [0.4, 0.5) is 0 Å². The Kier molecular flexibility index (Phi) is 4.43. The number of aromatic hydroxyl groups is 1. The first-order valence-corrected chi connectivity index (χ1v) is 10.8. The van der Waals surface area contributed by atoms with Crippen molar-refractivity contribution in [1.29, 1.82) is 0 Å². The Hall–Kier alpha value is -2.05. The molecule has 4 rings (SSSR count). The van der Waals surface area contributed by atoms with E-state index in [4.69, 9.17) is 11.6 Å². The molecule has 1 amide bonds. The number of fused-ring (bicyclic) bond motifs is 1. The average Bonchev–Trinajstić information content (AvgIpc) is 3.45. The number of amides is 1. The van der Waals surface area contributed by atoms with Crippen LogP contribution >= 0.6 is 11.6 Å². The molecule has 2 N–H and O–H groups in total. The van der Waals surface area contributed by atoms with Gasteiger partial charge in [0.2, 0.25) is 5.91 Å². The molecular formula is C20H20ClNO4S. The fourth-order valence-corrected chi connectivity index (χ4v) is 5.77. The lowest BCUT2D eigenvalue weighted by atomic mass is 9.88. The average molecular weight is 406 g/mol. The molecule has 1 atom stereocenters. The summed E-state index contributed by atoms with van der Waals surface area (Å²) in [6.07, 6.45) is 2.77. The highest BCUT2D eigenvalue weighted by Gasteiger charge is 2.61. The number of nitrogens with one attached hydrogen (secondary N) is 1. The summed E-state index contributed by atoms with van der Waals surface area (Å²) in [5.74, 6) is -0.174. The van der Waals surface area contributed by atoms with E-state index in [2.05, 4.69) is 5.32 Å². The number of hydrogen-bond acceptors (Lipinski definition) is 4. The highest BCUT2D eigenvalue weighted by molar-refractivity contribution is 7.94. The summed E-state index contributed by atoms with van der Waals surface area (Å²) in [6, 6.07) is 11.1. The van der Waals surface area contributed by atoms with Gasteiger partial charge in [0.25, 0.3) is 0 Å². The summed E-state index contributed by atoms with van der Waals surface area (Å²) < 4.78 is 24.7. The predicted octanol–water partition coefficient (Wildman–Crippen LogP) is 3.03. The maximum Gasteiger partial charge on any atom is 0.242 e. The normalized spacial score (nSPS) is 20.6. The molecule has 5 nitrogen and oxygen atoms in total. The lowest BCUT2D eigenvalue weighted by Crippen LogP contribution is -2.48. The van der Waals surface area contributed by atoms with Crippen LogP contribution in [0.2, 0.25) is 5.02 Å². The fourth-order valence-electron chi connectivity index (χ4n) is 3.75. The Labute approximate surface area is 163 Å². The smallest absolute Gasteiger partial charge is 0.242 e. The number of benzene rings is 2. The Morgan fingerprint density at radius 1 is 1.11 bits per heavy atom. The molecule has 0 radical (unpaired) electrons. The number of halogens is 1. The molecule has 0 saturated heterocycles. The first-order valence-electron chi connectivity index (χ1n) is 8.94. The van der Waals surface area contributed by atoms with E-state index in [1.807, 2.05) is 6.07 Å². The van der Waals surface area contributed by atoms with E-state index < -0.39 is 20.5 Å². The van der Waals surface area contributed by atoms with Crippen LogP contribution in [0.3, 0.4) is 0 Å². The molecule has 27 heavy (non-hydrogen) atoms. The second kappa shape index (κ2) is 6.53. The molecule has 7 heteroatoms. The first-order chi connectivity index (χ1) is 12.8. The van der Waals surface area contributed by atoms with Gasteiger partial charge in [0.15, 0.2) is 14.6 Å². The van der Waals surface area contributed by atoms with Crippen molar-refractivity contribution in [1.82, 2.24) is 5.32 Å². The van der Waals surface area contributed by atoms with E-state index in [0.29, 0.717) is 24.3 Å². The molecule has 0 heterocycles. The van der Waals surface area contributed by atoms with Crippen LogP contribution in [-0.2, 0) is 27.5 Å². The summed E-state index contributed by atoms with van der Waals surface area (Å²) in [6.45, 7) is 0. The molecule has 0 spiro atoms. The zero-order valence-electron chi connectivity index (χ0n) is 14.6. The quantitative estimate of drug-likeness (QED) is 0.818. The van der Waals surface area contributed by atoms with E-state index in [1.54, 1.807) is 12.1 Å². The van der Waals surface area contributed by atoms with Gasteiger partial charge >= 0.3 is 0 Å². The van der Waals surface area contributed by atoms with E-state index in [-0.39, 0.29) is 16.7 Å². The Morgan fingerprint density at radius 2 is 1.81 bits per heavy atom. The topological polar surface area (TPSA) is 83.5 Å². The number of phenols is 1. The van der Waals surface area contributed by atoms with Crippen LogP contribution in [0.15, 0.2) is 47.4 Å². The van der Waals surface area contributed by atoms with E-state index in [0.717, 1.165) is 24.0 Å². The highest BCUT2D eigenvalue weighted by Crippen LogP contribution is 2.47. The molecule has 2 aliphatic rings. The largest absolute Gasteiger partial charge is 0.508 e. The van der Waals surface area contributed by atoms with Crippen molar-refractivity contribution >= 4 is 27.3 Å². The number of rotatable bonds is 4. The predicted molar refractivity (Wildman–Crippen MR) is 103 cm³/mol. The van der Waals surface area contributed by atoms with Crippen molar-refractivity contribution in [2.24, 2.45) is 0 Å². The maximum atomic E-state index is 13.0. The SMILES string of the molecule is O=C(NC1CCc2cc(O)ccc2C1)C1(S(=O)(=O)c2ccc(Cl)cc2)CC1. The summed E-state index contributed by atoms with van der Waals surface area (Å²) >= 11 is 5.84. The van der Waals surface area contributed by atoms with Gasteiger partial charge in [-0.2, -0.15) is 0 Å². The van der Waals surface area contributed by atoms with Crippen molar-refractivity contribution in [2.45, 2.75) is 47.8 Å². The second-order valence-electron chi connectivity index (χ2n) is 7.32. The van der Waals surface area contributed by atoms with Gasteiger partial charge < -0.3 is 10.4 Å². The molecule has 1 fully saturated rings. The number of hydrogen-bond donors (Lipinski definition) is 2. The molecule has 2 aromatic carbocycles. The summed E-state index contributed by atoms with van der Waals surface area (Å²) in [7, 11) is -3.76. The Balaban J connectivity index is 1.51. The number of aryl methyl sites for hydroxylation is 1. The lowest BCUT2D eigenvalue weighted by molar-refractivity contribution is -0.122. The second-order valence-corrected chi connectivity index (χ2v) is 10.0. The maximum absolute atomic E-state index is 13.0. The zero-order valence-corrected chi connectivity index (χ0v) is 16.2. The van der Waals surface area contributed by atoms with Gasteiger partial charge in [0, 0.05) is 11.1 Å². The van der Waals surface area contributed by atoms with E-state index in [9.17, 15) is 18.3 Å². The molecule has 0 aliphatic heterocycles. The number of phenolic OH excluding ortho intramolecular Hbond substituents is 1. The standard InChI is InChI=1S/C20H20ClNO4S/c21-15-3-7-18(8-4-15)27(25,26)20(9-10-20)19(24)22-16-5-1-14-12-17(23)6-2-13(14)11-16/h2-4,6-8,12,16,23H,1,5,9-11H2,(H,22,24). The van der Waals surface area contributed by atoms with Crippen LogP contribution in [0, 0.1) is 0 Å². The number of carbonyl (C=O) groups excluding carboxylic acids is 1. The van der Waals surface area contributed by atoms with Crippen molar-refractivity contribution in [3.63, 3.8) is 0 Å². The molecule has 142 valence electrons. The Morgan fingerprint density at radius 3 is 2.48 bits per heavy atom. The number of sulfone groups is 1. The van der Waals surface area contributed by atoms with Crippen molar-refractivity contribution in [3.8, 4) is 5.75 Å². The van der Waals surface area contributed by atoms with Crippen LogP contribution in [0.1, 0.15) is 30.4 Å². The fraction of sp³-hybridized carbons (Fsp3) is 0.350. The minimum absolute atomic E-state index is 0.104. The van der Waals surface area contributed by atoms with Gasteiger partial charge in [-0.15, -0.1) is 0 Å². The first kappa shape index (κ1) is 18.3. The third kappa shape index (κ3) is 3.21. The van der Waals surface area contributed by atoms with Crippen LogP contribution in [0.5, 0.6) is 5.75 Å². The van der Waals surface area contributed by atoms with Crippen LogP contribution in [-0.4, -0.2) is 30.2 Å². The summed E-state index contributed by atoms with van der Waals surface area (Å²) in [4.78, 5) is 13.0. The monoisotopic (exact) mass is 405 g/mol. The van der Waals surface area contributed by atoms with Crippen molar-refractivity contribution in [2.75, 3.05) is 0 Å². The van der Waals surface area contributed by atoms with Crippen LogP contribution in [0.25, 0.3) is 0 Å². The highest BCUT2D eigenvalue weighted by atomic mass is 35.5. The van der Waals surface area contributed by atoms with E-state index in [1.165, 1.54) is 24.3 Å². The molecule has 2 aromatic rings. The summed E-state index contributed by atoms with van der Waals surface area (Å²) in [5.41, 5.74) is 2.16. The lowest BCUT2D eigenvalue weighted by Gasteiger charge is -2.27. The minimum atomic E-state index is -3.76.